The highest BCUT2D eigenvalue weighted by atomic mass is 19.4. The molecule has 0 aromatic heterocycles. The molecule has 9 heteroatoms. The van der Waals surface area contributed by atoms with E-state index >= 15 is 0 Å². The lowest BCUT2D eigenvalue weighted by Gasteiger charge is -2.28. The molecule has 1 aliphatic heterocycles. The first-order valence-corrected chi connectivity index (χ1v) is 13.5. The van der Waals surface area contributed by atoms with Gasteiger partial charge in [0.05, 0.1) is 17.2 Å². The molecule has 0 atom stereocenters. The minimum atomic E-state index is -4.47. The molecule has 216 valence electrons. The maximum Gasteiger partial charge on any atom is 0.416 e. The van der Waals surface area contributed by atoms with Gasteiger partial charge >= 0.3 is 12.3 Å². The Bertz CT molecular complexity index is 1590. The van der Waals surface area contributed by atoms with Crippen molar-refractivity contribution in [3.8, 4) is 22.6 Å². The second kappa shape index (κ2) is 12.0. The minimum absolute atomic E-state index is 0.221. The highest BCUT2D eigenvalue weighted by Crippen LogP contribution is 2.37. The lowest BCUT2D eigenvalue weighted by atomic mass is 9.96. The van der Waals surface area contributed by atoms with E-state index in [1.807, 2.05) is 32.0 Å². The van der Waals surface area contributed by atoms with Crippen LogP contribution in [0, 0.1) is 0 Å². The summed E-state index contributed by atoms with van der Waals surface area (Å²) in [5, 5.41) is 2.92. The standard InChI is InChI=1S/C33H29F3N2O4/c1-21(2)41-29-10-6-9-28(30(29)22-11-14-25(15-12-22)33(34,35)36)31(39)37-26-16-13-24-20-38(18-17-23(24)19-26)32(40)42-27-7-4-3-5-8-27/h3-16,19,21H,17-18,20H2,1-2H3,(H,37,39). The van der Waals surface area contributed by atoms with Crippen LogP contribution >= 0.6 is 0 Å². The molecule has 1 N–H and O–H groups in total. The summed E-state index contributed by atoms with van der Waals surface area (Å²) >= 11 is 0. The number of carbonyl (C=O) groups is 2. The zero-order valence-corrected chi connectivity index (χ0v) is 23.1. The maximum atomic E-state index is 13.5. The molecule has 2 amide bonds. The first-order chi connectivity index (χ1) is 20.1. The molecule has 0 unspecified atom stereocenters. The van der Waals surface area contributed by atoms with Crippen LogP contribution in [0.1, 0.15) is 40.9 Å². The van der Waals surface area contributed by atoms with Gasteiger partial charge < -0.3 is 19.7 Å². The SMILES string of the molecule is CC(C)Oc1cccc(C(=O)Nc2ccc3c(c2)CCN(C(=O)Oc2ccccc2)C3)c1-c1ccc(C(F)(F)F)cc1. The molecule has 0 aliphatic carbocycles. The second-order valence-corrected chi connectivity index (χ2v) is 10.2. The number of para-hydroxylation sites is 1. The van der Waals surface area contributed by atoms with Crippen molar-refractivity contribution in [1.82, 2.24) is 4.90 Å². The van der Waals surface area contributed by atoms with Gasteiger partial charge in [0.25, 0.3) is 5.91 Å². The number of halogens is 3. The van der Waals surface area contributed by atoms with E-state index in [-0.39, 0.29) is 11.7 Å². The van der Waals surface area contributed by atoms with Crippen LogP contribution in [0.5, 0.6) is 11.5 Å². The van der Waals surface area contributed by atoms with E-state index in [0.717, 1.165) is 23.3 Å². The van der Waals surface area contributed by atoms with Crippen molar-refractivity contribution in [2.45, 2.75) is 39.1 Å². The number of carbonyl (C=O) groups excluding carboxylic acids is 2. The Balaban J connectivity index is 1.36. The van der Waals surface area contributed by atoms with E-state index in [2.05, 4.69) is 5.32 Å². The quantitative estimate of drug-likeness (QED) is 0.254. The van der Waals surface area contributed by atoms with Crippen LogP contribution in [-0.2, 0) is 19.1 Å². The van der Waals surface area contributed by atoms with Crippen molar-refractivity contribution in [2.24, 2.45) is 0 Å². The van der Waals surface area contributed by atoms with Crippen molar-refractivity contribution in [2.75, 3.05) is 11.9 Å². The van der Waals surface area contributed by atoms with E-state index in [0.29, 0.717) is 47.8 Å². The molecule has 6 nitrogen and oxygen atoms in total. The lowest BCUT2D eigenvalue weighted by molar-refractivity contribution is -0.137. The van der Waals surface area contributed by atoms with Gasteiger partial charge in [-0.05, 0) is 85.5 Å². The number of alkyl halides is 3. The van der Waals surface area contributed by atoms with Crippen molar-refractivity contribution >= 4 is 17.7 Å². The summed E-state index contributed by atoms with van der Waals surface area (Å²) in [6.45, 7) is 4.50. The number of amides is 2. The molecular weight excluding hydrogens is 545 g/mol. The average molecular weight is 575 g/mol. The Kier molecular flexibility index (Phi) is 8.20. The van der Waals surface area contributed by atoms with Crippen LogP contribution in [0.15, 0.2) is 91.0 Å². The first kappa shape index (κ1) is 28.7. The molecule has 0 radical (unpaired) electrons. The Morgan fingerprint density at radius 3 is 2.31 bits per heavy atom. The van der Waals surface area contributed by atoms with Gasteiger partial charge in [-0.25, -0.2) is 4.79 Å². The summed E-state index contributed by atoms with van der Waals surface area (Å²) in [7, 11) is 0. The van der Waals surface area contributed by atoms with Crippen molar-refractivity contribution in [3.63, 3.8) is 0 Å². The highest BCUT2D eigenvalue weighted by molar-refractivity contribution is 6.09. The van der Waals surface area contributed by atoms with Crippen molar-refractivity contribution in [3.05, 3.63) is 113 Å². The Morgan fingerprint density at radius 2 is 1.62 bits per heavy atom. The monoisotopic (exact) mass is 574 g/mol. The molecule has 0 saturated carbocycles. The third-order valence-electron chi connectivity index (χ3n) is 6.82. The number of hydrogen-bond acceptors (Lipinski definition) is 4. The zero-order chi connectivity index (χ0) is 29.9. The predicted molar refractivity (Wildman–Crippen MR) is 154 cm³/mol. The zero-order valence-electron chi connectivity index (χ0n) is 23.1. The van der Waals surface area contributed by atoms with Crippen LogP contribution in [-0.4, -0.2) is 29.5 Å². The normalized spacial score (nSPS) is 13.0. The summed E-state index contributed by atoms with van der Waals surface area (Å²) in [4.78, 5) is 27.8. The van der Waals surface area contributed by atoms with E-state index in [9.17, 15) is 22.8 Å². The van der Waals surface area contributed by atoms with Gasteiger partial charge in [-0.1, -0.05) is 42.5 Å². The molecule has 0 fully saturated rings. The van der Waals surface area contributed by atoms with Crippen molar-refractivity contribution in [1.29, 1.82) is 0 Å². The third-order valence-corrected chi connectivity index (χ3v) is 6.82. The largest absolute Gasteiger partial charge is 0.490 e. The second-order valence-electron chi connectivity index (χ2n) is 10.2. The predicted octanol–water partition coefficient (Wildman–Crippen LogP) is 7.97. The molecule has 0 saturated heterocycles. The van der Waals surface area contributed by atoms with E-state index in [1.54, 1.807) is 53.4 Å². The van der Waals surface area contributed by atoms with Gasteiger partial charge in [0.1, 0.15) is 11.5 Å². The Hall–Kier alpha value is -4.79. The lowest BCUT2D eigenvalue weighted by Crippen LogP contribution is -2.37. The number of fused-ring (bicyclic) bond motifs is 1. The summed E-state index contributed by atoms with van der Waals surface area (Å²) in [6, 6.07) is 24.0. The van der Waals surface area contributed by atoms with Crippen LogP contribution in [0.2, 0.25) is 0 Å². The van der Waals surface area contributed by atoms with E-state index in [1.165, 1.54) is 12.1 Å². The van der Waals surface area contributed by atoms with Gasteiger partial charge in [-0.3, -0.25) is 4.79 Å². The molecule has 4 aromatic rings. The van der Waals surface area contributed by atoms with Gasteiger partial charge in [0, 0.05) is 24.3 Å². The maximum absolute atomic E-state index is 13.5. The van der Waals surface area contributed by atoms with Crippen LogP contribution < -0.4 is 14.8 Å². The fourth-order valence-corrected chi connectivity index (χ4v) is 4.84. The van der Waals surface area contributed by atoms with Crippen molar-refractivity contribution < 1.29 is 32.2 Å². The number of rotatable bonds is 6. The Morgan fingerprint density at radius 1 is 0.881 bits per heavy atom. The Labute approximate surface area is 241 Å². The molecule has 0 spiro atoms. The van der Waals surface area contributed by atoms with Crippen LogP contribution in [0.25, 0.3) is 11.1 Å². The molecule has 1 heterocycles. The smallest absolute Gasteiger partial charge is 0.416 e. The van der Waals surface area contributed by atoms with Gasteiger partial charge in [-0.15, -0.1) is 0 Å². The molecule has 42 heavy (non-hydrogen) atoms. The van der Waals surface area contributed by atoms with Gasteiger partial charge in [-0.2, -0.15) is 13.2 Å². The molecule has 1 aliphatic rings. The topological polar surface area (TPSA) is 67.9 Å². The van der Waals surface area contributed by atoms with E-state index < -0.39 is 23.7 Å². The van der Waals surface area contributed by atoms with Gasteiger partial charge in [0.2, 0.25) is 0 Å². The number of ether oxygens (including phenoxy) is 2. The number of benzene rings is 4. The molecule has 5 rings (SSSR count). The third kappa shape index (κ3) is 6.57. The molecule has 0 bridgehead atoms. The summed E-state index contributed by atoms with van der Waals surface area (Å²) in [5.74, 6) is 0.443. The number of nitrogens with one attached hydrogen (secondary N) is 1. The number of nitrogens with zero attached hydrogens (tertiary/aromatic N) is 1. The molecule has 4 aromatic carbocycles. The highest BCUT2D eigenvalue weighted by Gasteiger charge is 2.30. The number of anilines is 1. The fraction of sp³-hybridized carbons (Fsp3) is 0.212. The summed E-state index contributed by atoms with van der Waals surface area (Å²) in [5.41, 5.74) is 2.83. The average Bonchev–Trinajstić information content (AvgIpc) is 2.96. The van der Waals surface area contributed by atoms with Crippen LogP contribution in [0.3, 0.4) is 0 Å². The summed E-state index contributed by atoms with van der Waals surface area (Å²) < 4.78 is 50.9. The minimum Gasteiger partial charge on any atom is -0.490 e. The van der Waals surface area contributed by atoms with Gasteiger partial charge in [0.15, 0.2) is 0 Å². The summed E-state index contributed by atoms with van der Waals surface area (Å²) in [6.07, 6.45) is -4.54. The number of hydrogen-bond donors (Lipinski definition) is 1. The van der Waals surface area contributed by atoms with E-state index in [4.69, 9.17) is 9.47 Å². The fourth-order valence-electron chi connectivity index (χ4n) is 4.84. The first-order valence-electron chi connectivity index (χ1n) is 13.5. The van der Waals surface area contributed by atoms with Crippen LogP contribution in [0.4, 0.5) is 23.7 Å². The molecular formula is C33H29F3N2O4.